The summed E-state index contributed by atoms with van der Waals surface area (Å²) in [7, 11) is 1.59. The molecule has 0 saturated carbocycles. The number of amides is 1. The van der Waals surface area contributed by atoms with E-state index in [4.69, 9.17) is 13.9 Å². The summed E-state index contributed by atoms with van der Waals surface area (Å²) in [4.78, 5) is 12.4. The number of ether oxygens (including phenoxy) is 2. The van der Waals surface area contributed by atoms with Crippen LogP contribution in [0, 0.1) is 0 Å². The lowest BCUT2D eigenvalue weighted by Gasteiger charge is -2.10. The average molecular weight is 361 g/mol. The summed E-state index contributed by atoms with van der Waals surface area (Å²) in [6.45, 7) is 0.684. The standard InChI is InChI=1S/C22H19NO4/c1-25-19-8-4-5-9-20(19)26-13-12-23-22(24)21-14-17-16-7-3-2-6-15(16)10-11-18(17)27-21/h2-11,14H,12-13H2,1H3,(H,23,24). The van der Waals surface area contributed by atoms with E-state index >= 15 is 0 Å². The molecule has 0 aliphatic rings. The zero-order valence-corrected chi connectivity index (χ0v) is 14.9. The van der Waals surface area contributed by atoms with Crippen LogP contribution in [0.3, 0.4) is 0 Å². The number of hydrogen-bond donors (Lipinski definition) is 1. The monoisotopic (exact) mass is 361 g/mol. The van der Waals surface area contributed by atoms with Crippen LogP contribution in [-0.2, 0) is 0 Å². The van der Waals surface area contributed by atoms with Gasteiger partial charge in [0.1, 0.15) is 12.2 Å². The largest absolute Gasteiger partial charge is 0.493 e. The molecule has 5 heteroatoms. The lowest BCUT2D eigenvalue weighted by Crippen LogP contribution is -2.27. The Morgan fingerprint density at radius 2 is 1.74 bits per heavy atom. The molecule has 1 amide bonds. The number of hydrogen-bond acceptors (Lipinski definition) is 4. The topological polar surface area (TPSA) is 60.7 Å². The van der Waals surface area contributed by atoms with Crippen LogP contribution < -0.4 is 14.8 Å². The van der Waals surface area contributed by atoms with E-state index in [2.05, 4.69) is 5.32 Å². The number of fused-ring (bicyclic) bond motifs is 3. The molecule has 4 rings (SSSR count). The Balaban J connectivity index is 1.42. The Morgan fingerprint density at radius 3 is 2.59 bits per heavy atom. The summed E-state index contributed by atoms with van der Waals surface area (Å²) in [5.41, 5.74) is 0.698. The lowest BCUT2D eigenvalue weighted by atomic mass is 10.1. The number of methoxy groups -OCH3 is 1. The van der Waals surface area contributed by atoms with Gasteiger partial charge < -0.3 is 19.2 Å². The minimum atomic E-state index is -0.265. The molecule has 136 valence electrons. The number of carbonyl (C=O) groups excluding carboxylic acids is 1. The first-order chi connectivity index (χ1) is 13.3. The number of benzene rings is 3. The minimum Gasteiger partial charge on any atom is -0.493 e. The summed E-state index contributed by atoms with van der Waals surface area (Å²) in [5, 5.41) is 5.93. The van der Waals surface area contributed by atoms with Crippen molar-refractivity contribution in [2.45, 2.75) is 0 Å². The van der Waals surface area contributed by atoms with Crippen molar-refractivity contribution in [1.29, 1.82) is 0 Å². The second-order valence-corrected chi connectivity index (χ2v) is 6.06. The molecule has 27 heavy (non-hydrogen) atoms. The van der Waals surface area contributed by atoms with Gasteiger partial charge in [-0.1, -0.05) is 42.5 Å². The molecule has 4 aromatic rings. The molecule has 1 heterocycles. The van der Waals surface area contributed by atoms with E-state index in [0.717, 1.165) is 16.2 Å². The average Bonchev–Trinajstić information content (AvgIpc) is 3.16. The molecule has 0 unspecified atom stereocenters. The van der Waals surface area contributed by atoms with E-state index in [0.29, 0.717) is 36.0 Å². The maximum Gasteiger partial charge on any atom is 0.287 e. The maximum absolute atomic E-state index is 12.4. The molecule has 0 atom stereocenters. The summed E-state index contributed by atoms with van der Waals surface area (Å²) in [5.74, 6) is 1.33. The zero-order chi connectivity index (χ0) is 18.6. The van der Waals surface area contributed by atoms with Crippen LogP contribution >= 0.6 is 0 Å². The van der Waals surface area contributed by atoms with Gasteiger partial charge in [-0.15, -0.1) is 0 Å². The molecule has 0 radical (unpaired) electrons. The van der Waals surface area contributed by atoms with Crippen LogP contribution in [0.25, 0.3) is 21.7 Å². The predicted octanol–water partition coefficient (Wildman–Crippen LogP) is 4.40. The fourth-order valence-corrected chi connectivity index (χ4v) is 3.06. The maximum atomic E-state index is 12.4. The molecule has 0 aliphatic carbocycles. The third-order valence-corrected chi connectivity index (χ3v) is 4.36. The number of para-hydroxylation sites is 2. The van der Waals surface area contributed by atoms with Crippen LogP contribution in [0.2, 0.25) is 0 Å². The Bertz CT molecular complexity index is 1100. The molecule has 0 aliphatic heterocycles. The van der Waals surface area contributed by atoms with Gasteiger partial charge in [0.2, 0.25) is 0 Å². The van der Waals surface area contributed by atoms with Crippen molar-refractivity contribution in [2.24, 2.45) is 0 Å². The molecule has 0 fully saturated rings. The minimum absolute atomic E-state index is 0.265. The molecular formula is C22H19NO4. The Morgan fingerprint density at radius 1 is 0.963 bits per heavy atom. The summed E-state index contributed by atoms with van der Waals surface area (Å²) in [6, 6.07) is 21.1. The highest BCUT2D eigenvalue weighted by Gasteiger charge is 2.13. The second-order valence-electron chi connectivity index (χ2n) is 6.06. The number of carbonyl (C=O) groups is 1. The first kappa shape index (κ1) is 17.0. The zero-order valence-electron chi connectivity index (χ0n) is 14.9. The fourth-order valence-electron chi connectivity index (χ4n) is 3.06. The van der Waals surface area contributed by atoms with E-state index < -0.39 is 0 Å². The first-order valence-corrected chi connectivity index (χ1v) is 8.71. The molecular weight excluding hydrogens is 342 g/mol. The van der Waals surface area contributed by atoms with E-state index in [9.17, 15) is 4.79 Å². The van der Waals surface area contributed by atoms with E-state index in [1.165, 1.54) is 0 Å². The first-order valence-electron chi connectivity index (χ1n) is 8.71. The van der Waals surface area contributed by atoms with Crippen molar-refractivity contribution in [3.05, 3.63) is 72.5 Å². The molecule has 1 aromatic heterocycles. The van der Waals surface area contributed by atoms with E-state index in [1.807, 2.05) is 60.7 Å². The van der Waals surface area contributed by atoms with Crippen LogP contribution in [0.5, 0.6) is 11.5 Å². The lowest BCUT2D eigenvalue weighted by molar-refractivity contribution is 0.0921. The van der Waals surface area contributed by atoms with Crippen LogP contribution in [0.4, 0.5) is 0 Å². The van der Waals surface area contributed by atoms with E-state index in [-0.39, 0.29) is 5.91 Å². The van der Waals surface area contributed by atoms with Gasteiger partial charge in [-0.25, -0.2) is 0 Å². The van der Waals surface area contributed by atoms with Gasteiger partial charge >= 0.3 is 0 Å². The SMILES string of the molecule is COc1ccccc1OCCNC(=O)c1cc2c(ccc3ccccc32)o1. The summed E-state index contributed by atoms with van der Waals surface area (Å²) in [6.07, 6.45) is 0. The van der Waals surface area contributed by atoms with Gasteiger partial charge in [-0.2, -0.15) is 0 Å². The smallest absolute Gasteiger partial charge is 0.287 e. The van der Waals surface area contributed by atoms with Crippen LogP contribution in [0.1, 0.15) is 10.6 Å². The molecule has 0 bridgehead atoms. The van der Waals surface area contributed by atoms with Gasteiger partial charge in [0, 0.05) is 5.39 Å². The Labute approximate surface area is 156 Å². The van der Waals surface area contributed by atoms with Crippen LogP contribution in [-0.4, -0.2) is 26.2 Å². The third kappa shape index (κ3) is 3.44. The fraction of sp³-hybridized carbons (Fsp3) is 0.136. The van der Waals surface area contributed by atoms with Gasteiger partial charge in [0.25, 0.3) is 5.91 Å². The molecule has 5 nitrogen and oxygen atoms in total. The van der Waals surface area contributed by atoms with E-state index in [1.54, 1.807) is 13.2 Å². The molecule has 1 N–H and O–H groups in total. The van der Waals surface area contributed by atoms with Crippen molar-refractivity contribution in [2.75, 3.05) is 20.3 Å². The summed E-state index contributed by atoms with van der Waals surface area (Å²) < 4.78 is 16.6. The van der Waals surface area contributed by atoms with Crippen molar-refractivity contribution in [3.8, 4) is 11.5 Å². The normalized spacial score (nSPS) is 10.9. The summed E-state index contributed by atoms with van der Waals surface area (Å²) >= 11 is 0. The van der Waals surface area contributed by atoms with Crippen LogP contribution in [0.15, 0.2) is 71.1 Å². The predicted molar refractivity (Wildman–Crippen MR) is 105 cm³/mol. The van der Waals surface area contributed by atoms with Gasteiger partial charge in [-0.3, -0.25) is 4.79 Å². The molecule has 0 spiro atoms. The van der Waals surface area contributed by atoms with Gasteiger partial charge in [0.05, 0.1) is 13.7 Å². The Hall–Kier alpha value is -3.47. The number of furan rings is 1. The highest BCUT2D eigenvalue weighted by Crippen LogP contribution is 2.28. The van der Waals surface area contributed by atoms with Crippen molar-refractivity contribution in [1.82, 2.24) is 5.32 Å². The highest BCUT2D eigenvalue weighted by molar-refractivity contribution is 6.08. The molecule has 3 aromatic carbocycles. The second kappa shape index (κ2) is 7.41. The van der Waals surface area contributed by atoms with Gasteiger partial charge in [-0.05, 0) is 35.0 Å². The van der Waals surface area contributed by atoms with Gasteiger partial charge in [0.15, 0.2) is 17.3 Å². The highest BCUT2D eigenvalue weighted by atomic mass is 16.5. The van der Waals surface area contributed by atoms with Crippen molar-refractivity contribution < 1.29 is 18.7 Å². The van der Waals surface area contributed by atoms with Crippen molar-refractivity contribution >= 4 is 27.6 Å². The third-order valence-electron chi connectivity index (χ3n) is 4.36. The Kier molecular flexibility index (Phi) is 4.66. The number of rotatable bonds is 6. The molecule has 0 saturated heterocycles. The number of nitrogens with one attached hydrogen (secondary N) is 1. The van der Waals surface area contributed by atoms with Crippen molar-refractivity contribution in [3.63, 3.8) is 0 Å². The quantitative estimate of drug-likeness (QED) is 0.517.